The molecule has 0 spiro atoms. The van der Waals surface area contributed by atoms with Gasteiger partial charge in [-0.3, -0.25) is 9.59 Å². The van der Waals surface area contributed by atoms with Gasteiger partial charge in [0.25, 0.3) is 5.56 Å². The Bertz CT molecular complexity index is 1450. The Labute approximate surface area is 298 Å². The summed E-state index contributed by atoms with van der Waals surface area (Å²) in [5, 5.41) is 23.3. The van der Waals surface area contributed by atoms with Gasteiger partial charge in [0.2, 0.25) is 5.91 Å². The molecule has 37 heavy (non-hydrogen) atoms. The van der Waals surface area contributed by atoms with Gasteiger partial charge in [-0.05, 0) is 52.1 Å². The van der Waals surface area contributed by atoms with E-state index in [4.69, 9.17) is 5.73 Å². The van der Waals surface area contributed by atoms with E-state index in [0.717, 1.165) is 24.5 Å². The molecular weight excluding hydrogens is 527 g/mol. The van der Waals surface area contributed by atoms with Gasteiger partial charge >= 0.3 is 109 Å². The van der Waals surface area contributed by atoms with Crippen LogP contribution in [-0.4, -0.2) is 145 Å². The van der Waals surface area contributed by atoms with E-state index < -0.39 is 17.4 Å². The van der Waals surface area contributed by atoms with Gasteiger partial charge in [-0.25, -0.2) is 9.89 Å². The van der Waals surface area contributed by atoms with Gasteiger partial charge in [0.1, 0.15) is 0 Å². The number of aromatic carboxylic acids is 1. The summed E-state index contributed by atoms with van der Waals surface area (Å²) in [6.07, 6.45) is 2.26. The molecule has 0 aliphatic carbocycles. The number of aromatic amines is 1. The van der Waals surface area contributed by atoms with E-state index in [1.807, 2.05) is 37.3 Å². The third-order valence-corrected chi connectivity index (χ3v) is 5.76. The van der Waals surface area contributed by atoms with Crippen molar-refractivity contribution in [3.8, 4) is 22.5 Å². The van der Waals surface area contributed by atoms with Crippen molar-refractivity contribution < 1.29 is 14.7 Å². The van der Waals surface area contributed by atoms with E-state index in [1.54, 1.807) is 12.1 Å². The number of unbranched alkanes of at least 4 members (excludes halogenated alkanes) is 1. The number of aryl methyl sites for hydroxylation is 1. The van der Waals surface area contributed by atoms with E-state index in [0.29, 0.717) is 34.6 Å². The van der Waals surface area contributed by atoms with E-state index >= 15 is 0 Å². The SMILES string of the molecule is CCCCc1cc(C(=O)O)cc(=O)n1Cc1ccc(-c2ccccc2-c2nnn[nH]2)c(C(N)=O)c1.[KH].[KH]. The number of amides is 1. The van der Waals surface area contributed by atoms with Gasteiger partial charge in [-0.1, -0.05) is 49.7 Å². The molecule has 1 amide bonds. The molecule has 2 aromatic heterocycles. The predicted molar refractivity (Wildman–Crippen MR) is 143 cm³/mol. The molecule has 0 saturated heterocycles. The summed E-state index contributed by atoms with van der Waals surface area (Å²) >= 11 is 0. The summed E-state index contributed by atoms with van der Waals surface area (Å²) < 4.78 is 1.54. The maximum atomic E-state index is 12.8. The van der Waals surface area contributed by atoms with Crippen LogP contribution in [0.5, 0.6) is 0 Å². The molecule has 4 rings (SSSR count). The number of nitrogens with zero attached hydrogens (tertiary/aromatic N) is 4. The Morgan fingerprint density at radius 3 is 2.38 bits per heavy atom. The molecule has 12 heteroatoms. The van der Waals surface area contributed by atoms with Crippen molar-refractivity contribution in [1.82, 2.24) is 25.2 Å². The average Bonchev–Trinajstić information content (AvgIpc) is 3.39. The Kier molecular flexibility index (Phi) is 12.7. The van der Waals surface area contributed by atoms with Crippen LogP contribution in [-0.2, 0) is 13.0 Å². The van der Waals surface area contributed by atoms with Crippen molar-refractivity contribution in [3.63, 3.8) is 0 Å². The number of carbonyl (C=O) groups excluding carboxylic acids is 1. The number of carboxylic acid groups (broad SMARTS) is 1. The second-order valence-electron chi connectivity index (χ2n) is 8.11. The summed E-state index contributed by atoms with van der Waals surface area (Å²) in [4.78, 5) is 36.7. The van der Waals surface area contributed by atoms with Gasteiger partial charge in [0.05, 0.1) is 12.1 Å². The van der Waals surface area contributed by atoms with E-state index in [1.165, 1.54) is 10.6 Å². The molecule has 0 unspecified atom stereocenters. The Morgan fingerprint density at radius 2 is 1.76 bits per heavy atom. The third kappa shape index (κ3) is 7.62. The summed E-state index contributed by atoms with van der Waals surface area (Å²) in [5.74, 6) is -1.31. The van der Waals surface area contributed by atoms with Gasteiger partial charge < -0.3 is 15.4 Å². The Balaban J connectivity index is 0.00000241. The zero-order valence-corrected chi connectivity index (χ0v) is 19.1. The molecule has 0 aliphatic heterocycles. The number of carbonyl (C=O) groups is 2. The van der Waals surface area contributed by atoms with Crippen LogP contribution in [0.4, 0.5) is 0 Å². The van der Waals surface area contributed by atoms with Gasteiger partial charge in [-0.2, -0.15) is 0 Å². The first-order valence-electron chi connectivity index (χ1n) is 11.1. The first-order valence-corrected chi connectivity index (χ1v) is 11.1. The Morgan fingerprint density at radius 1 is 1.03 bits per heavy atom. The van der Waals surface area contributed by atoms with Crippen LogP contribution in [0.15, 0.2) is 59.4 Å². The van der Waals surface area contributed by atoms with Crippen molar-refractivity contribution in [3.05, 3.63) is 87.3 Å². The number of tetrazole rings is 1. The number of H-pyrrole nitrogens is 1. The predicted octanol–water partition coefficient (Wildman–Crippen LogP) is 1.59. The van der Waals surface area contributed by atoms with Crippen LogP contribution in [0.1, 0.15) is 51.7 Å². The van der Waals surface area contributed by atoms with Crippen LogP contribution in [0.3, 0.4) is 0 Å². The zero-order chi connectivity index (χ0) is 24.9. The molecule has 182 valence electrons. The fraction of sp³-hybridized carbons (Fsp3) is 0.200. The number of nitrogens with one attached hydrogen (secondary N) is 1. The minimum absolute atomic E-state index is 0. The fourth-order valence-electron chi connectivity index (χ4n) is 4.03. The molecule has 4 aromatic rings. The number of carboxylic acids is 1. The van der Waals surface area contributed by atoms with Crippen LogP contribution in [0.25, 0.3) is 22.5 Å². The standard InChI is InChI=1S/C25H24N6O4.2K.2H/c1-2-3-6-17-12-16(25(34)35)13-22(32)31(17)14-15-9-10-19(21(11-15)23(26)33)18-7-4-5-8-20(18)24-27-29-30-28-24;;;;/h4-5,7-13H,2-3,6,14H2,1H3,(H2,26,33)(H,34,35)(H,27,28,29,30);;;;. The summed E-state index contributed by atoms with van der Waals surface area (Å²) in [7, 11) is 0. The normalized spacial score (nSPS) is 10.3. The van der Waals surface area contributed by atoms with Crippen LogP contribution in [0, 0.1) is 0 Å². The second-order valence-corrected chi connectivity index (χ2v) is 8.11. The number of hydrogen-bond acceptors (Lipinski definition) is 6. The topological polar surface area (TPSA) is 157 Å². The number of hydrogen-bond donors (Lipinski definition) is 3. The number of benzene rings is 2. The monoisotopic (exact) mass is 552 g/mol. The second kappa shape index (κ2) is 14.7. The third-order valence-electron chi connectivity index (χ3n) is 5.76. The molecule has 2 heterocycles. The first-order chi connectivity index (χ1) is 16.9. The maximum absolute atomic E-state index is 12.8. The van der Waals surface area contributed by atoms with Gasteiger partial charge in [-0.15, -0.1) is 5.10 Å². The van der Waals surface area contributed by atoms with Crippen molar-refractivity contribution in [2.45, 2.75) is 32.7 Å². The zero-order valence-electron chi connectivity index (χ0n) is 19.1. The minimum atomic E-state index is -1.15. The molecule has 0 saturated carbocycles. The number of pyridine rings is 1. The number of nitrogens with two attached hydrogens (primary N) is 1. The molecule has 0 bridgehead atoms. The number of primary amides is 1. The molecule has 0 radical (unpaired) electrons. The molecule has 0 atom stereocenters. The molecule has 10 nitrogen and oxygen atoms in total. The van der Waals surface area contributed by atoms with E-state index in [9.17, 15) is 19.5 Å². The van der Waals surface area contributed by atoms with Crippen molar-refractivity contribution in [2.24, 2.45) is 5.73 Å². The van der Waals surface area contributed by atoms with Gasteiger partial charge in [0.15, 0.2) is 5.82 Å². The van der Waals surface area contributed by atoms with Crippen molar-refractivity contribution >= 4 is 115 Å². The summed E-state index contributed by atoms with van der Waals surface area (Å²) in [6.45, 7) is 2.19. The van der Waals surface area contributed by atoms with E-state index in [-0.39, 0.29) is 120 Å². The van der Waals surface area contributed by atoms with Crippen molar-refractivity contribution in [2.75, 3.05) is 0 Å². The first kappa shape index (κ1) is 31.9. The van der Waals surface area contributed by atoms with Crippen LogP contribution in [0.2, 0.25) is 0 Å². The van der Waals surface area contributed by atoms with Crippen LogP contribution >= 0.6 is 0 Å². The van der Waals surface area contributed by atoms with Crippen molar-refractivity contribution in [1.29, 1.82) is 0 Å². The molecular formula is C25H26K2N6O4. The number of rotatable bonds is 9. The number of aromatic nitrogens is 5. The van der Waals surface area contributed by atoms with Gasteiger partial charge in [0, 0.05) is 22.9 Å². The Hall–Kier alpha value is -1.33. The fourth-order valence-corrected chi connectivity index (χ4v) is 4.03. The average molecular weight is 553 g/mol. The summed E-state index contributed by atoms with van der Waals surface area (Å²) in [5.41, 5.74) is 8.92. The molecule has 2 aromatic carbocycles. The molecule has 0 aliphatic rings. The van der Waals surface area contributed by atoms with Crippen LogP contribution < -0.4 is 11.3 Å². The van der Waals surface area contributed by atoms with E-state index in [2.05, 4.69) is 20.6 Å². The summed E-state index contributed by atoms with van der Waals surface area (Å²) in [6, 6.07) is 15.3. The molecule has 4 N–H and O–H groups in total. The molecule has 0 fully saturated rings. The quantitative estimate of drug-likeness (QED) is 0.266.